The van der Waals surface area contributed by atoms with Crippen molar-refractivity contribution in [1.82, 2.24) is 4.90 Å². The van der Waals surface area contributed by atoms with E-state index in [1.54, 1.807) is 4.90 Å². The summed E-state index contributed by atoms with van der Waals surface area (Å²) in [6.07, 6.45) is -4.33. The molecule has 1 aliphatic rings. The molecule has 0 radical (unpaired) electrons. The molecular formula is C14H18BrF3N2O. The molecule has 3 nitrogen and oxygen atoms in total. The van der Waals surface area contributed by atoms with Crippen LogP contribution in [0.2, 0.25) is 0 Å². The number of nitrogens with two attached hydrogens (primary N) is 1. The third kappa shape index (κ3) is 3.77. The lowest BCUT2D eigenvalue weighted by molar-refractivity contribution is -0.254. The van der Waals surface area contributed by atoms with Gasteiger partial charge < -0.3 is 10.8 Å². The van der Waals surface area contributed by atoms with Crippen molar-refractivity contribution in [1.29, 1.82) is 0 Å². The minimum absolute atomic E-state index is 0.203. The fraction of sp³-hybridized carbons (Fsp3) is 0.571. The maximum absolute atomic E-state index is 12.8. The molecule has 0 spiro atoms. The van der Waals surface area contributed by atoms with Crippen LogP contribution in [0.5, 0.6) is 0 Å². The average molecular weight is 367 g/mol. The Kier molecular flexibility index (Phi) is 4.97. The van der Waals surface area contributed by atoms with Gasteiger partial charge in [-0.2, -0.15) is 13.2 Å². The summed E-state index contributed by atoms with van der Waals surface area (Å²) in [7, 11) is 0. The predicted molar refractivity (Wildman–Crippen MR) is 77.9 cm³/mol. The van der Waals surface area contributed by atoms with Gasteiger partial charge in [0.2, 0.25) is 0 Å². The Labute approximate surface area is 130 Å². The summed E-state index contributed by atoms with van der Waals surface area (Å²) in [5.41, 5.74) is 4.11. The van der Waals surface area contributed by atoms with E-state index in [0.29, 0.717) is 6.42 Å². The number of hydrogen-bond acceptors (Lipinski definition) is 3. The topological polar surface area (TPSA) is 49.5 Å². The third-order valence-corrected chi connectivity index (χ3v) is 4.51. The Morgan fingerprint density at radius 3 is 2.43 bits per heavy atom. The summed E-state index contributed by atoms with van der Waals surface area (Å²) in [6.45, 7) is 0.0489. The van der Waals surface area contributed by atoms with Crippen molar-refractivity contribution >= 4 is 15.9 Å². The number of halogens is 4. The second-order valence-electron chi connectivity index (χ2n) is 5.47. The maximum Gasteiger partial charge on any atom is 0.418 e. The van der Waals surface area contributed by atoms with Crippen LogP contribution in [0.15, 0.2) is 28.7 Å². The van der Waals surface area contributed by atoms with Gasteiger partial charge in [-0.3, -0.25) is 4.90 Å². The van der Waals surface area contributed by atoms with Crippen LogP contribution in [0.3, 0.4) is 0 Å². The standard InChI is InChI=1S/C14H18BrF3N2O/c15-11-3-1-10(2-4-11)7-12(8-19)20-6-5-13(21,9-20)14(16,17)18/h1-4,12,21H,5-9,19H2/t12-,13-/m1/s1. The van der Waals surface area contributed by atoms with Crippen molar-refractivity contribution in [3.63, 3.8) is 0 Å². The highest BCUT2D eigenvalue weighted by Gasteiger charge is 2.57. The minimum atomic E-state index is -4.60. The van der Waals surface area contributed by atoms with Gasteiger partial charge in [-0.15, -0.1) is 0 Å². The van der Waals surface area contributed by atoms with Gasteiger partial charge in [0.1, 0.15) is 0 Å². The van der Waals surface area contributed by atoms with Crippen molar-refractivity contribution in [2.45, 2.75) is 30.7 Å². The Morgan fingerprint density at radius 1 is 1.33 bits per heavy atom. The molecular weight excluding hydrogens is 349 g/mol. The summed E-state index contributed by atoms with van der Waals surface area (Å²) in [5, 5.41) is 9.73. The van der Waals surface area contributed by atoms with Crippen molar-refractivity contribution < 1.29 is 18.3 Å². The first-order valence-electron chi connectivity index (χ1n) is 6.73. The normalized spacial score (nSPS) is 25.2. The monoisotopic (exact) mass is 366 g/mol. The largest absolute Gasteiger partial charge is 0.418 e. The van der Waals surface area contributed by atoms with Gasteiger partial charge >= 0.3 is 6.18 Å². The van der Waals surface area contributed by atoms with E-state index in [1.165, 1.54) is 0 Å². The van der Waals surface area contributed by atoms with Crippen molar-refractivity contribution in [2.75, 3.05) is 19.6 Å². The zero-order valence-electron chi connectivity index (χ0n) is 11.4. The first-order chi connectivity index (χ1) is 9.75. The van der Waals surface area contributed by atoms with Gasteiger partial charge in [0.05, 0.1) is 0 Å². The van der Waals surface area contributed by atoms with Crippen molar-refractivity contribution in [3.05, 3.63) is 34.3 Å². The zero-order valence-corrected chi connectivity index (χ0v) is 13.0. The molecule has 2 atom stereocenters. The van der Waals surface area contributed by atoms with Crippen LogP contribution < -0.4 is 5.73 Å². The number of aliphatic hydroxyl groups is 1. The Morgan fingerprint density at radius 2 is 1.95 bits per heavy atom. The molecule has 7 heteroatoms. The first kappa shape index (κ1) is 16.7. The number of nitrogens with zero attached hydrogens (tertiary/aromatic N) is 1. The quantitative estimate of drug-likeness (QED) is 0.859. The predicted octanol–water partition coefficient (Wildman–Crippen LogP) is 2.32. The number of alkyl halides is 3. The number of benzene rings is 1. The highest BCUT2D eigenvalue weighted by molar-refractivity contribution is 9.10. The Balaban J connectivity index is 2.04. The van der Waals surface area contributed by atoms with Gasteiger partial charge in [-0.1, -0.05) is 28.1 Å². The van der Waals surface area contributed by atoms with E-state index in [4.69, 9.17) is 5.73 Å². The molecule has 3 N–H and O–H groups in total. The van der Waals surface area contributed by atoms with E-state index >= 15 is 0 Å². The first-order valence-corrected chi connectivity index (χ1v) is 7.52. The lowest BCUT2D eigenvalue weighted by Gasteiger charge is -2.30. The van der Waals surface area contributed by atoms with Crippen LogP contribution in [0.4, 0.5) is 13.2 Å². The second kappa shape index (κ2) is 6.24. The molecule has 1 aliphatic heterocycles. The van der Waals surface area contributed by atoms with E-state index in [-0.39, 0.29) is 25.6 Å². The van der Waals surface area contributed by atoms with Gasteiger partial charge in [0.15, 0.2) is 5.60 Å². The van der Waals surface area contributed by atoms with Gasteiger partial charge in [-0.05, 0) is 30.5 Å². The molecule has 0 aliphatic carbocycles. The molecule has 0 saturated carbocycles. The van der Waals surface area contributed by atoms with E-state index in [9.17, 15) is 18.3 Å². The summed E-state index contributed by atoms with van der Waals surface area (Å²) in [5.74, 6) is 0. The number of likely N-dealkylation sites (tertiary alicyclic amines) is 1. The molecule has 0 aromatic heterocycles. The highest BCUT2D eigenvalue weighted by Crippen LogP contribution is 2.38. The van der Waals surface area contributed by atoms with Gasteiger partial charge in [-0.25, -0.2) is 0 Å². The number of hydrogen-bond donors (Lipinski definition) is 2. The SMILES string of the molecule is NC[C@@H](Cc1ccc(Br)cc1)N1CC[C@](O)(C(F)(F)F)C1. The number of rotatable bonds is 4. The zero-order chi connectivity index (χ0) is 15.7. The minimum Gasteiger partial charge on any atom is -0.379 e. The van der Waals surface area contributed by atoms with Crippen LogP contribution in [-0.2, 0) is 6.42 Å². The second-order valence-corrected chi connectivity index (χ2v) is 6.39. The van der Waals surface area contributed by atoms with E-state index < -0.39 is 18.3 Å². The Bertz CT molecular complexity index is 480. The molecule has 1 aromatic rings. The van der Waals surface area contributed by atoms with E-state index in [2.05, 4.69) is 15.9 Å². The van der Waals surface area contributed by atoms with Gasteiger partial charge in [0, 0.05) is 30.1 Å². The smallest absolute Gasteiger partial charge is 0.379 e. The fourth-order valence-corrected chi connectivity index (χ4v) is 2.88. The lowest BCUT2D eigenvalue weighted by Crippen LogP contribution is -2.50. The highest BCUT2D eigenvalue weighted by atomic mass is 79.9. The van der Waals surface area contributed by atoms with Crippen LogP contribution in [0.1, 0.15) is 12.0 Å². The summed E-state index contributed by atoms with van der Waals surface area (Å²) >= 11 is 3.34. The van der Waals surface area contributed by atoms with Gasteiger partial charge in [0.25, 0.3) is 0 Å². The lowest BCUT2D eigenvalue weighted by atomic mass is 10.0. The molecule has 2 rings (SSSR count). The van der Waals surface area contributed by atoms with Crippen LogP contribution in [0.25, 0.3) is 0 Å². The summed E-state index contributed by atoms with van der Waals surface area (Å²) in [4.78, 5) is 1.63. The summed E-state index contributed by atoms with van der Waals surface area (Å²) < 4.78 is 39.5. The Hall–Kier alpha value is -0.630. The van der Waals surface area contributed by atoms with Crippen LogP contribution in [0, 0.1) is 0 Å². The van der Waals surface area contributed by atoms with Crippen molar-refractivity contribution in [3.8, 4) is 0 Å². The summed E-state index contributed by atoms with van der Waals surface area (Å²) in [6, 6.07) is 7.40. The third-order valence-electron chi connectivity index (χ3n) is 3.98. The molecule has 118 valence electrons. The maximum atomic E-state index is 12.8. The molecule has 1 saturated heterocycles. The molecule has 21 heavy (non-hydrogen) atoms. The molecule has 1 aromatic carbocycles. The van der Waals surface area contributed by atoms with Crippen LogP contribution in [-0.4, -0.2) is 47.5 Å². The van der Waals surface area contributed by atoms with E-state index in [1.807, 2.05) is 24.3 Å². The van der Waals surface area contributed by atoms with Crippen molar-refractivity contribution in [2.24, 2.45) is 5.73 Å². The number of β-amino-alcohol motifs (C(OH)–C–C–N with tert-alkyl or cyclic N) is 1. The average Bonchev–Trinajstić information content (AvgIpc) is 2.81. The fourth-order valence-electron chi connectivity index (χ4n) is 2.62. The molecule has 0 unspecified atom stereocenters. The molecule has 0 amide bonds. The molecule has 1 fully saturated rings. The molecule has 1 heterocycles. The van der Waals surface area contributed by atoms with Crippen LogP contribution >= 0.6 is 15.9 Å². The molecule has 0 bridgehead atoms. The van der Waals surface area contributed by atoms with E-state index in [0.717, 1.165) is 10.0 Å².